The standard InChI is InChI=1S/C13H15F2N3/c1-3-16-7-9-8-18(2)17-13(9)11-5-4-10(14)6-12(11)15/h4-6,8,16H,3,7H2,1-2H3. The van der Waals surface area contributed by atoms with Crippen LogP contribution in [0.25, 0.3) is 11.3 Å². The highest BCUT2D eigenvalue weighted by molar-refractivity contribution is 5.63. The lowest BCUT2D eigenvalue weighted by Gasteiger charge is -2.04. The molecule has 18 heavy (non-hydrogen) atoms. The van der Waals surface area contributed by atoms with Crippen molar-refractivity contribution >= 4 is 0 Å². The van der Waals surface area contributed by atoms with E-state index in [9.17, 15) is 8.78 Å². The summed E-state index contributed by atoms with van der Waals surface area (Å²) >= 11 is 0. The Kier molecular flexibility index (Phi) is 3.72. The third-order valence-corrected chi connectivity index (χ3v) is 2.66. The Hall–Kier alpha value is -1.75. The number of aromatic nitrogens is 2. The van der Waals surface area contributed by atoms with Crippen molar-refractivity contribution in [3.05, 3.63) is 41.6 Å². The van der Waals surface area contributed by atoms with Crippen LogP contribution in [-0.2, 0) is 13.6 Å². The number of halogens is 2. The summed E-state index contributed by atoms with van der Waals surface area (Å²) in [5.41, 5.74) is 1.77. The maximum absolute atomic E-state index is 13.7. The second-order valence-electron chi connectivity index (χ2n) is 4.08. The summed E-state index contributed by atoms with van der Waals surface area (Å²) in [5, 5.41) is 7.41. The Morgan fingerprint density at radius 2 is 2.11 bits per heavy atom. The molecular formula is C13H15F2N3. The third kappa shape index (κ3) is 2.56. The fourth-order valence-electron chi connectivity index (χ4n) is 1.83. The summed E-state index contributed by atoms with van der Waals surface area (Å²) in [6.07, 6.45) is 1.83. The summed E-state index contributed by atoms with van der Waals surface area (Å²) in [4.78, 5) is 0. The monoisotopic (exact) mass is 251 g/mol. The molecule has 0 unspecified atom stereocenters. The first kappa shape index (κ1) is 12.7. The van der Waals surface area contributed by atoms with Gasteiger partial charge in [0.1, 0.15) is 11.6 Å². The van der Waals surface area contributed by atoms with Crippen LogP contribution in [0.2, 0.25) is 0 Å². The molecular weight excluding hydrogens is 236 g/mol. The molecule has 0 atom stereocenters. The van der Waals surface area contributed by atoms with Gasteiger partial charge in [0, 0.05) is 37.0 Å². The molecule has 1 aromatic heterocycles. The van der Waals surface area contributed by atoms with Crippen LogP contribution >= 0.6 is 0 Å². The highest BCUT2D eigenvalue weighted by Crippen LogP contribution is 2.25. The van der Waals surface area contributed by atoms with Crippen LogP contribution in [0.4, 0.5) is 8.78 Å². The second kappa shape index (κ2) is 5.27. The van der Waals surface area contributed by atoms with Crippen LogP contribution in [0.1, 0.15) is 12.5 Å². The molecule has 0 fully saturated rings. The number of nitrogens with one attached hydrogen (secondary N) is 1. The topological polar surface area (TPSA) is 29.9 Å². The number of aryl methyl sites for hydroxylation is 1. The molecule has 0 saturated heterocycles. The predicted molar refractivity (Wildman–Crippen MR) is 65.9 cm³/mol. The largest absolute Gasteiger partial charge is 0.313 e. The number of hydrogen-bond acceptors (Lipinski definition) is 2. The zero-order chi connectivity index (χ0) is 13.1. The van der Waals surface area contributed by atoms with Crippen molar-refractivity contribution in [2.45, 2.75) is 13.5 Å². The van der Waals surface area contributed by atoms with Crippen molar-refractivity contribution in [2.24, 2.45) is 7.05 Å². The van der Waals surface area contributed by atoms with E-state index in [2.05, 4.69) is 10.4 Å². The van der Waals surface area contributed by atoms with E-state index in [0.29, 0.717) is 17.8 Å². The van der Waals surface area contributed by atoms with E-state index < -0.39 is 11.6 Å². The van der Waals surface area contributed by atoms with Gasteiger partial charge < -0.3 is 5.32 Å². The van der Waals surface area contributed by atoms with Gasteiger partial charge in [-0.3, -0.25) is 4.68 Å². The molecule has 0 spiro atoms. The summed E-state index contributed by atoms with van der Waals surface area (Å²) in [7, 11) is 1.78. The summed E-state index contributed by atoms with van der Waals surface area (Å²) in [5.74, 6) is -1.17. The van der Waals surface area contributed by atoms with Gasteiger partial charge in [0.15, 0.2) is 0 Å². The molecule has 0 aliphatic heterocycles. The zero-order valence-corrected chi connectivity index (χ0v) is 10.4. The predicted octanol–water partition coefficient (Wildman–Crippen LogP) is 2.47. The van der Waals surface area contributed by atoms with Crippen molar-refractivity contribution in [2.75, 3.05) is 6.54 Å². The van der Waals surface area contributed by atoms with E-state index >= 15 is 0 Å². The number of nitrogens with zero attached hydrogens (tertiary/aromatic N) is 2. The molecule has 96 valence electrons. The lowest BCUT2D eigenvalue weighted by Crippen LogP contribution is -2.12. The molecule has 0 saturated carbocycles. The van der Waals surface area contributed by atoms with Gasteiger partial charge in [0.05, 0.1) is 5.69 Å². The average Bonchev–Trinajstić information content (AvgIpc) is 2.67. The summed E-state index contributed by atoms with van der Waals surface area (Å²) in [6, 6.07) is 3.54. The van der Waals surface area contributed by atoms with Gasteiger partial charge in [-0.2, -0.15) is 5.10 Å². The van der Waals surface area contributed by atoms with Gasteiger partial charge in [-0.05, 0) is 18.7 Å². The molecule has 0 radical (unpaired) electrons. The van der Waals surface area contributed by atoms with E-state index in [-0.39, 0.29) is 0 Å². The highest BCUT2D eigenvalue weighted by atomic mass is 19.1. The first-order chi connectivity index (χ1) is 8.61. The summed E-state index contributed by atoms with van der Waals surface area (Å²) in [6.45, 7) is 3.42. The Morgan fingerprint density at radius 1 is 1.33 bits per heavy atom. The third-order valence-electron chi connectivity index (χ3n) is 2.66. The van der Waals surface area contributed by atoms with Gasteiger partial charge in [-0.1, -0.05) is 6.92 Å². The SMILES string of the molecule is CCNCc1cn(C)nc1-c1ccc(F)cc1F. The minimum atomic E-state index is -0.591. The fourth-order valence-corrected chi connectivity index (χ4v) is 1.83. The Labute approximate surface area is 104 Å². The molecule has 0 aliphatic carbocycles. The van der Waals surface area contributed by atoms with Crippen LogP contribution < -0.4 is 5.32 Å². The van der Waals surface area contributed by atoms with Crippen LogP contribution in [0.15, 0.2) is 24.4 Å². The van der Waals surface area contributed by atoms with Crippen LogP contribution in [0, 0.1) is 11.6 Å². The van der Waals surface area contributed by atoms with E-state index in [1.165, 1.54) is 12.1 Å². The van der Waals surface area contributed by atoms with Gasteiger partial charge >= 0.3 is 0 Å². The van der Waals surface area contributed by atoms with Crippen molar-refractivity contribution in [3.63, 3.8) is 0 Å². The first-order valence-electron chi connectivity index (χ1n) is 5.80. The molecule has 3 nitrogen and oxygen atoms in total. The Balaban J connectivity index is 2.42. The molecule has 2 rings (SSSR count). The molecule has 5 heteroatoms. The van der Waals surface area contributed by atoms with Gasteiger partial charge in [0.2, 0.25) is 0 Å². The van der Waals surface area contributed by atoms with Crippen molar-refractivity contribution in [1.82, 2.24) is 15.1 Å². The molecule has 0 aliphatic rings. The minimum absolute atomic E-state index is 0.324. The van der Waals surface area contributed by atoms with Gasteiger partial charge in [-0.15, -0.1) is 0 Å². The summed E-state index contributed by atoms with van der Waals surface area (Å²) < 4.78 is 28.3. The van der Waals surface area contributed by atoms with Crippen molar-refractivity contribution in [3.8, 4) is 11.3 Å². The highest BCUT2D eigenvalue weighted by Gasteiger charge is 2.14. The van der Waals surface area contributed by atoms with Crippen LogP contribution in [0.5, 0.6) is 0 Å². The maximum atomic E-state index is 13.7. The lowest BCUT2D eigenvalue weighted by atomic mass is 10.1. The second-order valence-corrected chi connectivity index (χ2v) is 4.08. The molecule has 1 aromatic carbocycles. The Bertz CT molecular complexity index is 549. The van der Waals surface area contributed by atoms with E-state index in [1.807, 2.05) is 13.1 Å². The molecule has 0 bridgehead atoms. The lowest BCUT2D eigenvalue weighted by molar-refractivity contribution is 0.585. The van der Waals surface area contributed by atoms with Crippen LogP contribution in [-0.4, -0.2) is 16.3 Å². The van der Waals surface area contributed by atoms with E-state index in [4.69, 9.17) is 0 Å². The zero-order valence-electron chi connectivity index (χ0n) is 10.4. The number of benzene rings is 1. The number of hydrogen-bond donors (Lipinski definition) is 1. The van der Waals surface area contributed by atoms with E-state index in [1.54, 1.807) is 11.7 Å². The van der Waals surface area contributed by atoms with Gasteiger partial charge in [-0.25, -0.2) is 8.78 Å². The van der Waals surface area contributed by atoms with Gasteiger partial charge in [0.25, 0.3) is 0 Å². The normalized spacial score (nSPS) is 10.9. The maximum Gasteiger partial charge on any atom is 0.135 e. The van der Waals surface area contributed by atoms with Crippen molar-refractivity contribution < 1.29 is 8.78 Å². The number of rotatable bonds is 4. The first-order valence-corrected chi connectivity index (χ1v) is 5.80. The molecule has 2 aromatic rings. The molecule has 1 heterocycles. The van der Waals surface area contributed by atoms with Crippen molar-refractivity contribution in [1.29, 1.82) is 0 Å². The minimum Gasteiger partial charge on any atom is -0.313 e. The quantitative estimate of drug-likeness (QED) is 0.904. The molecule has 1 N–H and O–H groups in total. The smallest absolute Gasteiger partial charge is 0.135 e. The van der Waals surface area contributed by atoms with E-state index in [0.717, 1.165) is 18.2 Å². The average molecular weight is 251 g/mol. The fraction of sp³-hybridized carbons (Fsp3) is 0.308. The Morgan fingerprint density at radius 3 is 2.78 bits per heavy atom. The van der Waals surface area contributed by atoms with Crippen LogP contribution in [0.3, 0.4) is 0 Å². The molecule has 0 amide bonds.